The van der Waals surface area contributed by atoms with Crippen LogP contribution in [0.4, 0.5) is 10.5 Å². The number of aromatic nitrogens is 2. The smallest absolute Gasteiger partial charge is 0.321 e. The number of hydrogen-bond acceptors (Lipinski definition) is 5. The van der Waals surface area contributed by atoms with Gasteiger partial charge in [-0.3, -0.25) is 0 Å². The normalized spacial score (nSPS) is 20.1. The molecule has 2 amide bonds. The Balaban J connectivity index is 1.24. The molecule has 29 heavy (non-hydrogen) atoms. The molecule has 1 N–H and O–H groups in total. The minimum Gasteiger partial charge on any atom is -0.381 e. The molecule has 2 aliphatic rings. The van der Waals surface area contributed by atoms with Gasteiger partial charge < -0.3 is 19.5 Å². The number of para-hydroxylation sites is 1. The summed E-state index contributed by atoms with van der Waals surface area (Å²) in [5, 5.41) is 7.06. The van der Waals surface area contributed by atoms with E-state index in [1.54, 1.807) is 0 Å². The summed E-state index contributed by atoms with van der Waals surface area (Å²) in [6.45, 7) is 2.81. The highest BCUT2D eigenvalue weighted by Gasteiger charge is 2.28. The lowest BCUT2D eigenvalue weighted by Gasteiger charge is -2.31. The number of nitrogens with one attached hydrogen (secondary N) is 1. The SMILES string of the molecule is O=C(Nc1ccccc1)N1CCCC(c2nc(CCOCC3CCCC3)no2)C1. The van der Waals surface area contributed by atoms with Crippen molar-refractivity contribution in [3.63, 3.8) is 0 Å². The predicted octanol–water partition coefficient (Wildman–Crippen LogP) is 4.23. The lowest BCUT2D eigenvalue weighted by molar-refractivity contribution is 0.102. The van der Waals surface area contributed by atoms with Crippen LogP contribution in [0.5, 0.6) is 0 Å². The lowest BCUT2D eigenvalue weighted by atomic mass is 9.98. The number of carbonyl (C=O) groups excluding carboxylic acids is 1. The molecule has 1 atom stereocenters. The molecule has 1 aliphatic carbocycles. The van der Waals surface area contributed by atoms with Gasteiger partial charge >= 0.3 is 6.03 Å². The highest BCUT2D eigenvalue weighted by Crippen LogP contribution is 2.27. The largest absolute Gasteiger partial charge is 0.381 e. The summed E-state index contributed by atoms with van der Waals surface area (Å²) >= 11 is 0. The van der Waals surface area contributed by atoms with Crippen molar-refractivity contribution < 1.29 is 14.1 Å². The van der Waals surface area contributed by atoms with Crippen LogP contribution in [0.25, 0.3) is 0 Å². The van der Waals surface area contributed by atoms with Crippen LogP contribution in [-0.2, 0) is 11.2 Å². The zero-order chi connectivity index (χ0) is 19.9. The Bertz CT molecular complexity index is 773. The molecule has 156 valence electrons. The summed E-state index contributed by atoms with van der Waals surface area (Å²) in [4.78, 5) is 19.0. The first-order valence-electron chi connectivity index (χ1n) is 10.8. The predicted molar refractivity (Wildman–Crippen MR) is 110 cm³/mol. The quantitative estimate of drug-likeness (QED) is 0.706. The standard InChI is InChI=1S/C22H30N4O3/c27-22(23-19-10-2-1-3-11-19)26-13-6-9-18(15-26)21-24-20(25-29-21)12-14-28-16-17-7-4-5-8-17/h1-3,10-11,17-18H,4-9,12-16H2,(H,23,27). The van der Waals surface area contributed by atoms with Gasteiger partial charge in [-0.05, 0) is 43.7 Å². The average Bonchev–Trinajstić information content (AvgIpc) is 3.44. The fraction of sp³-hybridized carbons (Fsp3) is 0.591. The Morgan fingerprint density at radius 3 is 2.83 bits per heavy atom. The van der Waals surface area contributed by atoms with Gasteiger partial charge in [-0.2, -0.15) is 4.98 Å². The second-order valence-electron chi connectivity index (χ2n) is 8.11. The Morgan fingerprint density at radius 1 is 1.17 bits per heavy atom. The van der Waals surface area contributed by atoms with Gasteiger partial charge in [-0.25, -0.2) is 4.79 Å². The molecule has 1 aliphatic heterocycles. The molecule has 1 unspecified atom stereocenters. The highest BCUT2D eigenvalue weighted by atomic mass is 16.5. The van der Waals surface area contributed by atoms with Crippen LogP contribution in [0.1, 0.15) is 56.2 Å². The van der Waals surface area contributed by atoms with E-state index in [0.29, 0.717) is 31.3 Å². The van der Waals surface area contributed by atoms with Gasteiger partial charge in [-0.1, -0.05) is 36.2 Å². The third-order valence-corrected chi connectivity index (χ3v) is 5.87. The van der Waals surface area contributed by atoms with Gasteiger partial charge in [0.25, 0.3) is 0 Å². The molecule has 0 spiro atoms. The molecule has 2 aromatic rings. The molecule has 1 aromatic carbocycles. The van der Waals surface area contributed by atoms with Gasteiger partial charge in [-0.15, -0.1) is 0 Å². The Labute approximate surface area is 171 Å². The topological polar surface area (TPSA) is 80.5 Å². The van der Waals surface area contributed by atoms with Crippen LogP contribution in [0.2, 0.25) is 0 Å². The van der Waals surface area contributed by atoms with E-state index in [1.807, 2.05) is 35.2 Å². The molecule has 7 nitrogen and oxygen atoms in total. The first kappa shape index (κ1) is 19.9. The monoisotopic (exact) mass is 398 g/mol. The number of piperidine rings is 1. The number of likely N-dealkylation sites (tertiary alicyclic amines) is 1. The van der Waals surface area contributed by atoms with E-state index < -0.39 is 0 Å². The van der Waals surface area contributed by atoms with Crippen LogP contribution in [0, 0.1) is 5.92 Å². The number of benzene rings is 1. The number of nitrogens with zero attached hydrogens (tertiary/aromatic N) is 3. The minimum atomic E-state index is -0.0825. The average molecular weight is 399 g/mol. The number of ether oxygens (including phenoxy) is 1. The lowest BCUT2D eigenvalue weighted by Crippen LogP contribution is -2.41. The summed E-state index contributed by atoms with van der Waals surface area (Å²) in [6, 6.07) is 9.44. The second-order valence-corrected chi connectivity index (χ2v) is 8.11. The summed E-state index contributed by atoms with van der Waals surface area (Å²) in [5.74, 6) is 2.14. The molecule has 0 bridgehead atoms. The molecule has 4 rings (SSSR count). The Hall–Kier alpha value is -2.41. The molecule has 1 saturated heterocycles. The number of hydrogen-bond donors (Lipinski definition) is 1. The number of rotatable bonds is 7. The first-order valence-corrected chi connectivity index (χ1v) is 10.8. The third-order valence-electron chi connectivity index (χ3n) is 5.87. The number of anilines is 1. The highest BCUT2D eigenvalue weighted by molar-refractivity contribution is 5.89. The molecule has 2 heterocycles. The van der Waals surface area contributed by atoms with Gasteiger partial charge in [0.05, 0.1) is 12.5 Å². The Kier molecular flexibility index (Phi) is 6.77. The van der Waals surface area contributed by atoms with E-state index >= 15 is 0 Å². The molecule has 1 saturated carbocycles. The molecule has 0 radical (unpaired) electrons. The van der Waals surface area contributed by atoms with Crippen LogP contribution >= 0.6 is 0 Å². The fourth-order valence-corrected chi connectivity index (χ4v) is 4.21. The first-order chi connectivity index (χ1) is 14.3. The van der Waals surface area contributed by atoms with E-state index in [2.05, 4.69) is 15.5 Å². The van der Waals surface area contributed by atoms with Crippen molar-refractivity contribution >= 4 is 11.7 Å². The van der Waals surface area contributed by atoms with Gasteiger partial charge in [0.1, 0.15) is 0 Å². The second kappa shape index (κ2) is 9.87. The van der Waals surface area contributed by atoms with E-state index in [9.17, 15) is 4.79 Å². The number of amides is 2. The fourth-order valence-electron chi connectivity index (χ4n) is 4.21. The minimum absolute atomic E-state index is 0.0825. The zero-order valence-electron chi connectivity index (χ0n) is 16.9. The maximum atomic E-state index is 12.6. The van der Waals surface area contributed by atoms with Crippen molar-refractivity contribution in [2.45, 2.75) is 50.9 Å². The van der Waals surface area contributed by atoms with Crippen molar-refractivity contribution in [1.29, 1.82) is 0 Å². The summed E-state index contributed by atoms with van der Waals surface area (Å²) < 4.78 is 11.3. The molecular formula is C22H30N4O3. The van der Waals surface area contributed by atoms with Crippen LogP contribution in [-0.4, -0.2) is 47.4 Å². The molecule has 7 heteroatoms. The third kappa shape index (κ3) is 5.56. The summed E-state index contributed by atoms with van der Waals surface area (Å²) in [7, 11) is 0. The van der Waals surface area contributed by atoms with Crippen molar-refractivity contribution in [2.75, 3.05) is 31.6 Å². The number of urea groups is 1. The Morgan fingerprint density at radius 2 is 2.00 bits per heavy atom. The molecule has 1 aromatic heterocycles. The van der Waals surface area contributed by atoms with E-state index in [0.717, 1.165) is 37.6 Å². The molecular weight excluding hydrogens is 368 g/mol. The summed E-state index contributed by atoms with van der Waals surface area (Å²) in [6.07, 6.45) is 7.81. The van der Waals surface area contributed by atoms with Gasteiger partial charge in [0.15, 0.2) is 5.82 Å². The zero-order valence-corrected chi connectivity index (χ0v) is 16.9. The summed E-state index contributed by atoms with van der Waals surface area (Å²) in [5.41, 5.74) is 0.803. The van der Waals surface area contributed by atoms with Crippen LogP contribution in [0.15, 0.2) is 34.9 Å². The van der Waals surface area contributed by atoms with E-state index in [-0.39, 0.29) is 11.9 Å². The van der Waals surface area contributed by atoms with E-state index in [4.69, 9.17) is 9.26 Å². The van der Waals surface area contributed by atoms with E-state index in [1.165, 1.54) is 25.7 Å². The van der Waals surface area contributed by atoms with Crippen molar-refractivity contribution in [3.8, 4) is 0 Å². The van der Waals surface area contributed by atoms with Crippen LogP contribution < -0.4 is 5.32 Å². The van der Waals surface area contributed by atoms with Crippen molar-refractivity contribution in [2.24, 2.45) is 5.92 Å². The van der Waals surface area contributed by atoms with Gasteiger partial charge in [0.2, 0.25) is 5.89 Å². The van der Waals surface area contributed by atoms with Crippen molar-refractivity contribution in [3.05, 3.63) is 42.0 Å². The van der Waals surface area contributed by atoms with Crippen LogP contribution in [0.3, 0.4) is 0 Å². The molecule has 2 fully saturated rings. The van der Waals surface area contributed by atoms with Crippen molar-refractivity contribution in [1.82, 2.24) is 15.0 Å². The maximum absolute atomic E-state index is 12.6. The maximum Gasteiger partial charge on any atom is 0.321 e. The number of carbonyl (C=O) groups is 1. The van der Waals surface area contributed by atoms with Gasteiger partial charge in [0, 0.05) is 31.8 Å².